The summed E-state index contributed by atoms with van der Waals surface area (Å²) < 4.78 is 7.64. The van der Waals surface area contributed by atoms with Gasteiger partial charge in [-0.15, -0.1) is 5.10 Å². The number of allylic oxidation sites excluding steroid dienone is 1. The molecule has 1 aromatic rings. The molecule has 0 aliphatic carbocycles. The van der Waals surface area contributed by atoms with Crippen molar-refractivity contribution >= 4 is 11.7 Å². The first-order valence-electron chi connectivity index (χ1n) is 9.12. The minimum atomic E-state index is -0.344. The lowest BCUT2D eigenvalue weighted by molar-refractivity contribution is -0.119. The van der Waals surface area contributed by atoms with Gasteiger partial charge >= 0.3 is 0 Å². The van der Waals surface area contributed by atoms with Crippen molar-refractivity contribution in [3.05, 3.63) is 24.0 Å². The lowest BCUT2D eigenvalue weighted by Gasteiger charge is -2.25. The second kappa shape index (κ2) is 10.2. The van der Waals surface area contributed by atoms with Crippen LogP contribution in [0.4, 0.5) is 0 Å². The van der Waals surface area contributed by atoms with Gasteiger partial charge in [0, 0.05) is 18.6 Å². The molecule has 146 valence electrons. The summed E-state index contributed by atoms with van der Waals surface area (Å²) in [6.45, 7) is 13.5. The molecular weight excluding hydrogens is 332 g/mol. The van der Waals surface area contributed by atoms with Gasteiger partial charge in [0.1, 0.15) is 5.69 Å². The van der Waals surface area contributed by atoms with Gasteiger partial charge < -0.3 is 10.1 Å². The highest BCUT2D eigenvalue weighted by Gasteiger charge is 2.20. The largest absolute Gasteiger partial charge is 0.374 e. The molecule has 26 heavy (non-hydrogen) atoms. The first kappa shape index (κ1) is 22.0. The number of nitrogens with zero attached hydrogens (tertiary/aromatic N) is 3. The Balaban J connectivity index is 2.45. The molecule has 1 heterocycles. The van der Waals surface area contributed by atoms with E-state index in [-0.39, 0.29) is 29.8 Å². The Morgan fingerprint density at radius 2 is 1.96 bits per heavy atom. The molecule has 0 bridgehead atoms. The SMILES string of the molecule is CC(C)CCOC(C)(C)Cn1cc(CNC(=O)/C=C/C(=O)C(C)C)nn1. The van der Waals surface area contributed by atoms with E-state index in [1.54, 1.807) is 24.7 Å². The molecule has 0 fully saturated rings. The molecule has 0 radical (unpaired) electrons. The van der Waals surface area contributed by atoms with Crippen LogP contribution in [0.1, 0.15) is 53.7 Å². The van der Waals surface area contributed by atoms with Crippen LogP contribution < -0.4 is 5.32 Å². The molecule has 0 saturated heterocycles. The molecular formula is C19H32N4O3. The predicted octanol–water partition coefficient (Wildman–Crippen LogP) is 2.52. The average Bonchev–Trinajstić information content (AvgIpc) is 2.96. The molecule has 0 aromatic carbocycles. The van der Waals surface area contributed by atoms with Crippen molar-refractivity contribution in [2.24, 2.45) is 11.8 Å². The Hall–Kier alpha value is -2.02. The van der Waals surface area contributed by atoms with Crippen molar-refractivity contribution < 1.29 is 14.3 Å². The molecule has 0 saturated carbocycles. The van der Waals surface area contributed by atoms with E-state index in [2.05, 4.69) is 29.5 Å². The monoisotopic (exact) mass is 364 g/mol. The van der Waals surface area contributed by atoms with E-state index in [0.717, 1.165) is 6.42 Å². The lowest BCUT2D eigenvalue weighted by atomic mass is 10.1. The summed E-state index contributed by atoms with van der Waals surface area (Å²) in [5.74, 6) is 0.0824. The number of ketones is 1. The van der Waals surface area contributed by atoms with Crippen LogP contribution in [0, 0.1) is 11.8 Å². The van der Waals surface area contributed by atoms with Gasteiger partial charge in [-0.1, -0.05) is 32.9 Å². The molecule has 0 atom stereocenters. The number of nitrogens with one attached hydrogen (secondary N) is 1. The van der Waals surface area contributed by atoms with Crippen molar-refractivity contribution in [3.63, 3.8) is 0 Å². The van der Waals surface area contributed by atoms with E-state index in [0.29, 0.717) is 24.8 Å². The molecule has 0 spiro atoms. The molecule has 0 aliphatic rings. The van der Waals surface area contributed by atoms with Crippen molar-refractivity contribution in [2.45, 2.75) is 66.7 Å². The lowest BCUT2D eigenvalue weighted by Crippen LogP contribution is -2.31. The van der Waals surface area contributed by atoms with Crippen LogP contribution in [0.15, 0.2) is 18.3 Å². The third-order valence-corrected chi connectivity index (χ3v) is 3.73. The number of ether oxygens (including phenoxy) is 1. The summed E-state index contributed by atoms with van der Waals surface area (Å²) in [4.78, 5) is 23.2. The molecule has 0 aliphatic heterocycles. The van der Waals surface area contributed by atoms with E-state index >= 15 is 0 Å². The smallest absolute Gasteiger partial charge is 0.244 e. The van der Waals surface area contributed by atoms with Crippen LogP contribution in [-0.4, -0.2) is 38.9 Å². The highest BCUT2D eigenvalue weighted by Crippen LogP contribution is 2.14. The van der Waals surface area contributed by atoms with Gasteiger partial charge in [-0.05, 0) is 32.3 Å². The second-order valence-corrected chi connectivity index (χ2v) is 7.81. The Labute approximate surface area is 156 Å². The zero-order chi connectivity index (χ0) is 19.7. The van der Waals surface area contributed by atoms with Crippen LogP contribution in [-0.2, 0) is 27.4 Å². The quantitative estimate of drug-likeness (QED) is 0.610. The van der Waals surface area contributed by atoms with Gasteiger partial charge in [-0.25, -0.2) is 4.68 Å². The number of amides is 1. The molecule has 1 rings (SSSR count). The van der Waals surface area contributed by atoms with Crippen molar-refractivity contribution in [1.82, 2.24) is 20.3 Å². The van der Waals surface area contributed by atoms with Crippen LogP contribution in [0.5, 0.6) is 0 Å². The zero-order valence-corrected chi connectivity index (χ0v) is 16.8. The number of hydrogen-bond donors (Lipinski definition) is 1. The Bertz CT molecular complexity index is 618. The fourth-order valence-corrected chi connectivity index (χ4v) is 2.09. The third-order valence-electron chi connectivity index (χ3n) is 3.73. The minimum Gasteiger partial charge on any atom is -0.374 e. The first-order valence-corrected chi connectivity index (χ1v) is 9.12. The number of rotatable bonds is 11. The van der Waals surface area contributed by atoms with Crippen LogP contribution in [0.2, 0.25) is 0 Å². The molecule has 1 N–H and O–H groups in total. The van der Waals surface area contributed by atoms with Gasteiger partial charge in [0.25, 0.3) is 0 Å². The Kier molecular flexibility index (Phi) is 8.65. The summed E-state index contributed by atoms with van der Waals surface area (Å²) in [5.41, 5.74) is 0.309. The van der Waals surface area contributed by atoms with E-state index in [1.807, 2.05) is 13.8 Å². The molecule has 0 unspecified atom stereocenters. The first-order chi connectivity index (χ1) is 12.1. The van der Waals surface area contributed by atoms with E-state index in [9.17, 15) is 9.59 Å². The molecule has 1 amide bonds. The molecule has 7 nitrogen and oxygen atoms in total. The topological polar surface area (TPSA) is 86.1 Å². The van der Waals surface area contributed by atoms with Crippen LogP contribution in [0.3, 0.4) is 0 Å². The summed E-state index contributed by atoms with van der Waals surface area (Å²) in [7, 11) is 0. The van der Waals surface area contributed by atoms with Crippen LogP contribution >= 0.6 is 0 Å². The van der Waals surface area contributed by atoms with E-state index < -0.39 is 0 Å². The van der Waals surface area contributed by atoms with Gasteiger partial charge in [-0.2, -0.15) is 0 Å². The fourth-order valence-electron chi connectivity index (χ4n) is 2.09. The van der Waals surface area contributed by atoms with Gasteiger partial charge in [0.15, 0.2) is 5.78 Å². The average molecular weight is 364 g/mol. The predicted molar refractivity (Wildman–Crippen MR) is 100 cm³/mol. The number of carbonyl (C=O) groups excluding carboxylic acids is 2. The maximum Gasteiger partial charge on any atom is 0.244 e. The Morgan fingerprint density at radius 3 is 2.58 bits per heavy atom. The van der Waals surface area contributed by atoms with Gasteiger partial charge in [0.05, 0.1) is 24.9 Å². The second-order valence-electron chi connectivity index (χ2n) is 7.81. The normalized spacial score (nSPS) is 12.3. The highest BCUT2D eigenvalue weighted by molar-refractivity contribution is 5.98. The van der Waals surface area contributed by atoms with Crippen LogP contribution in [0.25, 0.3) is 0 Å². The third kappa shape index (κ3) is 8.89. The summed E-state index contributed by atoms with van der Waals surface area (Å²) in [6.07, 6.45) is 5.36. The summed E-state index contributed by atoms with van der Waals surface area (Å²) in [6, 6.07) is 0. The molecule has 7 heteroatoms. The summed E-state index contributed by atoms with van der Waals surface area (Å²) >= 11 is 0. The Morgan fingerprint density at radius 1 is 1.27 bits per heavy atom. The van der Waals surface area contributed by atoms with Crippen molar-refractivity contribution in [3.8, 4) is 0 Å². The maximum atomic E-state index is 11.7. The van der Waals surface area contributed by atoms with Crippen molar-refractivity contribution in [1.29, 1.82) is 0 Å². The number of carbonyl (C=O) groups is 2. The standard InChI is InChI=1S/C19H32N4O3/c1-14(2)9-10-26-19(5,6)13-23-12-16(21-22-23)11-20-18(25)8-7-17(24)15(3)4/h7-8,12,14-15H,9-11,13H2,1-6H3,(H,20,25)/b8-7+. The zero-order valence-electron chi connectivity index (χ0n) is 16.8. The van der Waals surface area contributed by atoms with E-state index in [1.165, 1.54) is 12.2 Å². The fraction of sp³-hybridized carbons (Fsp3) is 0.684. The molecule has 1 aromatic heterocycles. The maximum absolute atomic E-state index is 11.7. The highest BCUT2D eigenvalue weighted by atomic mass is 16.5. The van der Waals surface area contributed by atoms with Crippen molar-refractivity contribution in [2.75, 3.05) is 6.61 Å². The number of aromatic nitrogens is 3. The minimum absolute atomic E-state index is 0.0780. The summed E-state index contributed by atoms with van der Waals surface area (Å²) in [5, 5.41) is 10.8. The van der Waals surface area contributed by atoms with E-state index in [4.69, 9.17) is 4.74 Å². The number of hydrogen-bond acceptors (Lipinski definition) is 5. The van der Waals surface area contributed by atoms with Gasteiger partial charge in [-0.3, -0.25) is 9.59 Å². The van der Waals surface area contributed by atoms with Gasteiger partial charge in [0.2, 0.25) is 5.91 Å².